The van der Waals surface area contributed by atoms with Crippen LogP contribution in [0.5, 0.6) is 0 Å². The number of fused-ring (bicyclic) bond motifs is 12. The predicted octanol–water partition coefficient (Wildman–Crippen LogP) is 12.0. The SMILES string of the molecule is Cl.Cl.Cl.O=C1c2cccc3c2[C@@H](CCC3)CN1[C@H]1CN2CCC1CC2.O=C1c2cccc3c2[C@H](CCC3)CN1[C@@H]1CN2CCC1CC2.O=C1c2cccc3c2[C@H](CCC3)CN1[C@H]1CN2CCC1CC2.O=c1c2cccc3c2c(cn1[C@@H]1C[N+]2([O-])CCC1CC2)CCC3. The van der Waals surface area contributed by atoms with Crippen molar-refractivity contribution in [1.82, 2.24) is 34.0 Å². The van der Waals surface area contributed by atoms with Crippen molar-refractivity contribution in [3.8, 4) is 0 Å². The van der Waals surface area contributed by atoms with Crippen LogP contribution in [0.25, 0.3) is 10.8 Å². The highest BCUT2D eigenvalue weighted by atomic mass is 35.5. The van der Waals surface area contributed by atoms with Crippen LogP contribution in [-0.4, -0.2) is 173 Å². The van der Waals surface area contributed by atoms with Crippen molar-refractivity contribution in [2.24, 2.45) is 23.7 Å². The number of carbonyl (C=O) groups is 3. The van der Waals surface area contributed by atoms with Crippen molar-refractivity contribution in [3.63, 3.8) is 0 Å². The number of benzene rings is 4. The molecule has 5 aromatic rings. The molecule has 19 aliphatic rings. The average molecular weight is 1310 g/mol. The van der Waals surface area contributed by atoms with Gasteiger partial charge in [0.1, 0.15) is 0 Å². The molecule has 15 aliphatic heterocycles. The third-order valence-electron chi connectivity index (χ3n) is 26.0. The van der Waals surface area contributed by atoms with Gasteiger partial charge in [-0.2, -0.15) is 0 Å². The lowest BCUT2D eigenvalue weighted by Gasteiger charge is -2.55. The molecule has 0 saturated carbocycles. The van der Waals surface area contributed by atoms with Gasteiger partial charge in [0.25, 0.3) is 23.3 Å². The molecule has 7 atom stereocenters. The second kappa shape index (κ2) is 26.3. The molecule has 13 nitrogen and oxygen atoms in total. The van der Waals surface area contributed by atoms with Crippen molar-refractivity contribution in [1.29, 1.82) is 0 Å². The number of pyridine rings is 1. The molecule has 4 aliphatic carbocycles. The summed E-state index contributed by atoms with van der Waals surface area (Å²) in [5, 5.41) is 14.8. The molecule has 1 aromatic heterocycles. The van der Waals surface area contributed by atoms with E-state index in [1.54, 1.807) is 0 Å². The van der Waals surface area contributed by atoms with Crippen molar-refractivity contribution in [2.75, 3.05) is 98.2 Å². The van der Waals surface area contributed by atoms with Crippen LogP contribution in [0.1, 0.15) is 196 Å². The molecular formula is C76H97Cl3N8O5. The number of hydroxylamine groups is 3. The van der Waals surface area contributed by atoms with E-state index in [1.807, 2.05) is 16.7 Å². The monoisotopic (exact) mass is 1310 g/mol. The van der Waals surface area contributed by atoms with E-state index in [-0.39, 0.29) is 53.5 Å². The Bertz CT molecular complexity index is 3400. The Morgan fingerprint density at radius 2 is 0.739 bits per heavy atom. The molecule has 492 valence electrons. The smallest absolute Gasteiger partial charge is 0.258 e. The van der Waals surface area contributed by atoms with E-state index in [2.05, 4.69) is 96.3 Å². The number of aromatic nitrogens is 1. The topological polar surface area (TPSA) is 116 Å². The fourth-order valence-corrected chi connectivity index (χ4v) is 21.4. The first-order valence-electron chi connectivity index (χ1n) is 35.8. The van der Waals surface area contributed by atoms with Crippen molar-refractivity contribution >= 4 is 65.7 Å². The van der Waals surface area contributed by atoms with Crippen LogP contribution in [0.2, 0.25) is 0 Å². The fourth-order valence-electron chi connectivity index (χ4n) is 21.4. The maximum atomic E-state index is 13.1. The number of hydrogen-bond donors (Lipinski definition) is 0. The van der Waals surface area contributed by atoms with Gasteiger partial charge in [-0.05, 0) is 253 Å². The Morgan fingerprint density at radius 3 is 1.12 bits per heavy atom. The average Bonchev–Trinajstić information content (AvgIpc) is 0.786. The minimum atomic E-state index is -0.0962. The maximum Gasteiger partial charge on any atom is 0.258 e. The van der Waals surface area contributed by atoms with Gasteiger partial charge in [0.05, 0.1) is 25.7 Å². The largest absolute Gasteiger partial charge is 0.633 e. The Balaban J connectivity index is 0.000000105. The van der Waals surface area contributed by atoms with Gasteiger partial charge in [-0.25, -0.2) is 0 Å². The Morgan fingerprint density at radius 1 is 0.380 bits per heavy atom. The van der Waals surface area contributed by atoms with E-state index in [0.29, 0.717) is 66.1 Å². The molecule has 24 rings (SSSR count). The Hall–Kier alpha value is -4.83. The molecule has 0 unspecified atom stereocenters. The van der Waals surface area contributed by atoms with Gasteiger partial charge in [-0.15, -0.1) is 37.2 Å². The van der Waals surface area contributed by atoms with Crippen molar-refractivity contribution < 1.29 is 19.0 Å². The van der Waals surface area contributed by atoms with E-state index in [0.717, 1.165) is 144 Å². The first-order valence-corrected chi connectivity index (χ1v) is 35.8. The second-order valence-corrected chi connectivity index (χ2v) is 30.5. The molecule has 3 amide bonds. The molecule has 0 N–H and O–H groups in total. The van der Waals surface area contributed by atoms with E-state index in [9.17, 15) is 24.4 Å². The second-order valence-electron chi connectivity index (χ2n) is 30.5. The lowest BCUT2D eigenvalue weighted by atomic mass is 9.75. The van der Waals surface area contributed by atoms with Crippen LogP contribution in [0.3, 0.4) is 0 Å². The van der Waals surface area contributed by atoms with Crippen LogP contribution in [0, 0.1) is 28.9 Å². The van der Waals surface area contributed by atoms with Gasteiger partial charge < -0.3 is 43.8 Å². The van der Waals surface area contributed by atoms with Crippen LogP contribution in [0.4, 0.5) is 0 Å². The summed E-state index contributed by atoms with van der Waals surface area (Å²) < 4.78 is 1.83. The summed E-state index contributed by atoms with van der Waals surface area (Å²) in [4.78, 5) is 67.0. The summed E-state index contributed by atoms with van der Waals surface area (Å²) in [5.74, 6) is 5.43. The van der Waals surface area contributed by atoms with E-state index in [4.69, 9.17) is 0 Å². The molecular weight excluding hydrogens is 1210 g/mol. The van der Waals surface area contributed by atoms with E-state index >= 15 is 0 Å². The molecule has 16 heteroatoms. The standard InChI is InChI=1S/C19H22N2O2.3C19H24N2O.3ClH/c22-19-16-6-2-4-14-3-1-5-15(18(14)16)11-20(19)17-12-21(23)9-7-13(17)8-10-21;3*22-19-16-6-2-4-14-3-1-5-15(18(14)16)11-21(19)17-12-20-9-7-13(17)8-10-20;;;/h2,4,6,11,13,17H,1,3,5,7-10,12H2;3*2,4,6,13,15,17H,1,3,5,7-12H2;3*1H/t13?,17-,21?;15-,17+;2*15-,17-;;;/m1110.../s1. The lowest BCUT2D eigenvalue weighted by Crippen LogP contribution is -2.60. The summed E-state index contributed by atoms with van der Waals surface area (Å²) in [6.45, 7) is 15.8. The summed E-state index contributed by atoms with van der Waals surface area (Å²) >= 11 is 0. The molecule has 12 fully saturated rings. The van der Waals surface area contributed by atoms with Crippen LogP contribution < -0.4 is 5.56 Å². The van der Waals surface area contributed by atoms with Gasteiger partial charge in [-0.1, -0.05) is 48.5 Å². The fraction of sp³-hybridized carbons (Fsp3) is 0.605. The van der Waals surface area contributed by atoms with E-state index < -0.39 is 0 Å². The minimum absolute atomic E-state index is 0. The number of piperidine rings is 12. The maximum absolute atomic E-state index is 13.1. The Labute approximate surface area is 563 Å². The lowest BCUT2D eigenvalue weighted by molar-refractivity contribution is -0.900. The highest BCUT2D eigenvalue weighted by molar-refractivity contribution is 5.99. The first-order chi connectivity index (χ1) is 43.6. The third kappa shape index (κ3) is 11.4. The molecule has 16 heterocycles. The van der Waals surface area contributed by atoms with Crippen LogP contribution in [-0.2, 0) is 32.1 Å². The summed E-state index contributed by atoms with van der Waals surface area (Å²) in [6, 6.07) is 26.8. The molecule has 0 radical (unpaired) electrons. The number of aryl methyl sites for hydroxylation is 5. The summed E-state index contributed by atoms with van der Waals surface area (Å²) in [6.07, 6.45) is 26.1. The van der Waals surface area contributed by atoms with Gasteiger partial charge in [0.2, 0.25) is 0 Å². The highest BCUT2D eigenvalue weighted by Crippen LogP contribution is 2.46. The number of carbonyl (C=O) groups excluding carboxylic acids is 3. The third-order valence-corrected chi connectivity index (χ3v) is 26.0. The molecule has 12 saturated heterocycles. The first kappa shape index (κ1) is 64.5. The molecule has 92 heavy (non-hydrogen) atoms. The van der Waals surface area contributed by atoms with Crippen molar-refractivity contribution in [3.05, 3.63) is 156 Å². The van der Waals surface area contributed by atoms with Gasteiger partial charge >= 0.3 is 0 Å². The number of rotatable bonds is 4. The zero-order valence-electron chi connectivity index (χ0n) is 53.9. The quantitative estimate of drug-likeness (QED) is 0.129. The molecule has 4 aromatic carbocycles. The van der Waals surface area contributed by atoms with Crippen LogP contribution >= 0.6 is 37.2 Å². The predicted molar refractivity (Wildman–Crippen MR) is 370 cm³/mol. The number of halogens is 3. The summed E-state index contributed by atoms with van der Waals surface area (Å²) in [7, 11) is 0. The summed E-state index contributed by atoms with van der Waals surface area (Å²) in [5.41, 5.74) is 14.3. The van der Waals surface area contributed by atoms with E-state index in [1.165, 1.54) is 166 Å². The van der Waals surface area contributed by atoms with Gasteiger partial charge in [-0.3, -0.25) is 19.2 Å². The van der Waals surface area contributed by atoms with Crippen LogP contribution in [0.15, 0.2) is 83.8 Å². The number of amides is 3. The molecule has 8 bridgehead atoms. The minimum Gasteiger partial charge on any atom is -0.633 e. The number of quaternary nitrogens is 1. The van der Waals surface area contributed by atoms with Crippen molar-refractivity contribution in [2.45, 2.75) is 170 Å². The molecule has 0 spiro atoms. The zero-order valence-corrected chi connectivity index (χ0v) is 56.4. The highest BCUT2D eigenvalue weighted by Gasteiger charge is 2.48. The Kier molecular flexibility index (Phi) is 18.4. The zero-order chi connectivity index (χ0) is 59.6. The number of hydrogen-bond acceptors (Lipinski definition) is 8. The van der Waals surface area contributed by atoms with Gasteiger partial charge in [0, 0.05) is 116 Å². The number of nitrogens with zero attached hydrogens (tertiary/aromatic N) is 8. The normalized spacial score (nSPS) is 34.2. The van der Waals surface area contributed by atoms with Gasteiger partial charge in [0.15, 0.2) is 0 Å².